The van der Waals surface area contributed by atoms with Gasteiger partial charge in [-0.25, -0.2) is 0 Å². The number of aryl methyl sites for hydroxylation is 2. The lowest BCUT2D eigenvalue weighted by Gasteiger charge is -2.08. The number of hydrogen-bond donors (Lipinski definition) is 1. The van der Waals surface area contributed by atoms with Gasteiger partial charge < -0.3 is 5.32 Å². The minimum absolute atomic E-state index is 0.274. The van der Waals surface area contributed by atoms with E-state index >= 15 is 0 Å². The number of benzene rings is 1. The van der Waals surface area contributed by atoms with E-state index < -0.39 is 0 Å². The third kappa shape index (κ3) is 3.19. The third-order valence-electron chi connectivity index (χ3n) is 3.21. The lowest BCUT2D eigenvalue weighted by atomic mass is 10.0. The molecule has 1 unspecified atom stereocenters. The van der Waals surface area contributed by atoms with E-state index in [2.05, 4.69) is 61.4 Å². The Morgan fingerprint density at radius 2 is 1.89 bits per heavy atom. The van der Waals surface area contributed by atoms with Gasteiger partial charge in [-0.1, -0.05) is 36.5 Å². The van der Waals surface area contributed by atoms with Crippen molar-refractivity contribution >= 4 is 11.3 Å². The molecule has 2 aromatic rings. The number of rotatable bonds is 5. The van der Waals surface area contributed by atoms with Gasteiger partial charge in [-0.2, -0.15) is 0 Å². The number of hydrogen-bond acceptors (Lipinski definition) is 4. The average Bonchev–Trinajstić information content (AvgIpc) is 2.85. The zero-order chi connectivity index (χ0) is 13.8. The van der Waals surface area contributed by atoms with Gasteiger partial charge in [0.05, 0.1) is 6.04 Å². The zero-order valence-electron chi connectivity index (χ0n) is 12.0. The van der Waals surface area contributed by atoms with E-state index in [-0.39, 0.29) is 6.04 Å². The van der Waals surface area contributed by atoms with Crippen molar-refractivity contribution in [2.75, 3.05) is 6.54 Å². The zero-order valence-corrected chi connectivity index (χ0v) is 12.8. The Bertz CT molecular complexity index is 528. The summed E-state index contributed by atoms with van der Waals surface area (Å²) < 4.78 is 0. The van der Waals surface area contributed by atoms with Crippen LogP contribution in [0.2, 0.25) is 0 Å². The van der Waals surface area contributed by atoms with Crippen molar-refractivity contribution in [3.63, 3.8) is 0 Å². The van der Waals surface area contributed by atoms with Crippen molar-refractivity contribution in [3.05, 3.63) is 34.3 Å². The maximum atomic E-state index is 4.37. The highest BCUT2D eigenvalue weighted by molar-refractivity contribution is 7.14. The Labute approximate surface area is 119 Å². The van der Waals surface area contributed by atoms with Gasteiger partial charge in [-0.3, -0.25) is 0 Å². The number of aromatic nitrogens is 2. The van der Waals surface area contributed by atoms with Crippen LogP contribution in [-0.2, 0) is 0 Å². The first kappa shape index (κ1) is 14.2. The molecule has 0 spiro atoms. The molecule has 0 aliphatic heterocycles. The van der Waals surface area contributed by atoms with Crippen molar-refractivity contribution < 1.29 is 0 Å². The summed E-state index contributed by atoms with van der Waals surface area (Å²) in [5, 5.41) is 14.2. The second-order valence-electron chi connectivity index (χ2n) is 4.89. The molecule has 102 valence electrons. The quantitative estimate of drug-likeness (QED) is 0.899. The summed E-state index contributed by atoms with van der Waals surface area (Å²) in [6, 6.07) is 6.61. The van der Waals surface area contributed by atoms with Crippen LogP contribution in [0.4, 0.5) is 0 Å². The van der Waals surface area contributed by atoms with Crippen LogP contribution in [-0.4, -0.2) is 16.7 Å². The Balaban J connectivity index is 2.26. The normalized spacial score (nSPS) is 12.6. The Morgan fingerprint density at radius 1 is 1.21 bits per heavy atom. The number of nitrogens with zero attached hydrogens (tertiary/aromatic N) is 2. The summed E-state index contributed by atoms with van der Waals surface area (Å²) in [5.74, 6) is 0. The second-order valence-corrected chi connectivity index (χ2v) is 5.90. The van der Waals surface area contributed by atoms with Crippen LogP contribution in [0.25, 0.3) is 10.6 Å². The predicted molar refractivity (Wildman–Crippen MR) is 81.5 cm³/mol. The van der Waals surface area contributed by atoms with Crippen molar-refractivity contribution in [2.24, 2.45) is 0 Å². The molecular formula is C15H21N3S. The summed E-state index contributed by atoms with van der Waals surface area (Å²) in [7, 11) is 0. The second kappa shape index (κ2) is 6.26. The molecule has 0 radical (unpaired) electrons. The SMILES string of the molecule is CCCNC(C)c1nnc(-c2c(C)cccc2C)s1. The molecule has 0 amide bonds. The molecule has 1 aromatic heterocycles. The molecule has 1 heterocycles. The summed E-state index contributed by atoms with van der Waals surface area (Å²) in [6.07, 6.45) is 1.13. The fourth-order valence-electron chi connectivity index (χ4n) is 2.11. The minimum Gasteiger partial charge on any atom is -0.308 e. The van der Waals surface area contributed by atoms with Gasteiger partial charge in [-0.05, 0) is 44.9 Å². The maximum Gasteiger partial charge on any atom is 0.148 e. The summed E-state index contributed by atoms with van der Waals surface area (Å²) >= 11 is 1.69. The standard InChI is InChI=1S/C15H21N3S/c1-5-9-16-12(4)14-17-18-15(19-14)13-10(2)7-6-8-11(13)3/h6-8,12,16H,5,9H2,1-4H3. The minimum atomic E-state index is 0.274. The first-order chi connectivity index (χ1) is 9.13. The Kier molecular flexibility index (Phi) is 4.66. The van der Waals surface area contributed by atoms with E-state index in [0.717, 1.165) is 23.0 Å². The van der Waals surface area contributed by atoms with Gasteiger partial charge in [-0.15, -0.1) is 10.2 Å². The van der Waals surface area contributed by atoms with Gasteiger partial charge in [0.1, 0.15) is 10.0 Å². The first-order valence-corrected chi connectivity index (χ1v) is 7.58. The van der Waals surface area contributed by atoms with E-state index in [1.165, 1.54) is 16.7 Å². The van der Waals surface area contributed by atoms with Crippen LogP contribution in [0.3, 0.4) is 0 Å². The summed E-state index contributed by atoms with van der Waals surface area (Å²) in [5.41, 5.74) is 3.75. The molecule has 0 fully saturated rings. The Morgan fingerprint density at radius 3 is 2.53 bits per heavy atom. The molecule has 2 rings (SSSR count). The molecule has 0 saturated heterocycles. The van der Waals surface area contributed by atoms with Gasteiger partial charge >= 0.3 is 0 Å². The molecule has 0 aliphatic carbocycles. The number of nitrogens with one attached hydrogen (secondary N) is 1. The Hall–Kier alpha value is -1.26. The summed E-state index contributed by atoms with van der Waals surface area (Å²) in [6.45, 7) is 9.58. The van der Waals surface area contributed by atoms with Gasteiger partial charge in [0.2, 0.25) is 0 Å². The van der Waals surface area contributed by atoms with Gasteiger partial charge in [0.15, 0.2) is 0 Å². The van der Waals surface area contributed by atoms with E-state index in [1.54, 1.807) is 11.3 Å². The van der Waals surface area contributed by atoms with E-state index in [9.17, 15) is 0 Å². The highest BCUT2D eigenvalue weighted by atomic mass is 32.1. The molecule has 3 nitrogen and oxygen atoms in total. The van der Waals surface area contributed by atoms with E-state index in [4.69, 9.17) is 0 Å². The topological polar surface area (TPSA) is 37.8 Å². The van der Waals surface area contributed by atoms with E-state index in [1.807, 2.05) is 0 Å². The molecule has 1 N–H and O–H groups in total. The molecule has 1 atom stereocenters. The van der Waals surface area contributed by atoms with Gasteiger partial charge in [0.25, 0.3) is 0 Å². The van der Waals surface area contributed by atoms with Gasteiger partial charge in [0, 0.05) is 5.56 Å². The highest BCUT2D eigenvalue weighted by Gasteiger charge is 2.14. The average molecular weight is 275 g/mol. The van der Waals surface area contributed by atoms with Crippen LogP contribution in [0.15, 0.2) is 18.2 Å². The smallest absolute Gasteiger partial charge is 0.148 e. The highest BCUT2D eigenvalue weighted by Crippen LogP contribution is 2.31. The molecule has 0 aliphatic rings. The fourth-order valence-corrected chi connectivity index (χ4v) is 3.16. The molecule has 4 heteroatoms. The van der Waals surface area contributed by atoms with Crippen LogP contribution in [0.1, 0.15) is 42.4 Å². The summed E-state index contributed by atoms with van der Waals surface area (Å²) in [4.78, 5) is 0. The largest absolute Gasteiger partial charge is 0.308 e. The maximum absolute atomic E-state index is 4.37. The van der Waals surface area contributed by atoms with Crippen LogP contribution in [0.5, 0.6) is 0 Å². The lowest BCUT2D eigenvalue weighted by molar-refractivity contribution is 0.564. The third-order valence-corrected chi connectivity index (χ3v) is 4.33. The van der Waals surface area contributed by atoms with Crippen LogP contribution < -0.4 is 5.32 Å². The van der Waals surface area contributed by atoms with Crippen molar-refractivity contribution in [3.8, 4) is 10.6 Å². The predicted octanol–water partition coefficient (Wildman–Crippen LogP) is 3.88. The lowest BCUT2D eigenvalue weighted by Crippen LogP contribution is -2.18. The van der Waals surface area contributed by atoms with E-state index in [0.29, 0.717) is 0 Å². The van der Waals surface area contributed by atoms with Crippen LogP contribution in [0, 0.1) is 13.8 Å². The molecule has 19 heavy (non-hydrogen) atoms. The molecule has 0 saturated carbocycles. The molecule has 1 aromatic carbocycles. The first-order valence-electron chi connectivity index (χ1n) is 6.76. The molecule has 0 bridgehead atoms. The monoisotopic (exact) mass is 275 g/mol. The molecular weight excluding hydrogens is 254 g/mol. The van der Waals surface area contributed by atoms with Crippen molar-refractivity contribution in [1.82, 2.24) is 15.5 Å². The van der Waals surface area contributed by atoms with Crippen molar-refractivity contribution in [2.45, 2.75) is 40.2 Å². The van der Waals surface area contributed by atoms with Crippen LogP contribution >= 0.6 is 11.3 Å². The van der Waals surface area contributed by atoms with Crippen molar-refractivity contribution in [1.29, 1.82) is 0 Å². The fraction of sp³-hybridized carbons (Fsp3) is 0.467.